The summed E-state index contributed by atoms with van der Waals surface area (Å²) in [5, 5.41) is 2.56. The molecule has 1 amide bonds. The Morgan fingerprint density at radius 1 is 1.11 bits per heavy atom. The van der Waals surface area contributed by atoms with Crippen molar-refractivity contribution in [1.29, 1.82) is 0 Å². The Morgan fingerprint density at radius 3 is 2.54 bits per heavy atom. The molecule has 0 fully saturated rings. The Bertz CT molecular complexity index is 1060. The van der Waals surface area contributed by atoms with Crippen LogP contribution in [0.4, 0.5) is 10.2 Å². The molecule has 8 heteroatoms. The van der Waals surface area contributed by atoms with Crippen LogP contribution in [0.1, 0.15) is 16.1 Å². The molecule has 1 aromatic carbocycles. The van der Waals surface area contributed by atoms with Crippen molar-refractivity contribution in [2.24, 2.45) is 0 Å². The Hall–Kier alpha value is -3.42. The maximum atomic E-state index is 13.9. The maximum Gasteiger partial charge on any atom is 0.278 e. The third-order valence-corrected chi connectivity index (χ3v) is 4.40. The van der Waals surface area contributed by atoms with Crippen molar-refractivity contribution in [2.45, 2.75) is 6.92 Å². The molecule has 3 aromatic rings. The molecule has 4 rings (SSSR count). The number of anilines is 1. The fourth-order valence-corrected chi connectivity index (χ4v) is 3.00. The molecular formula is C20H17BFN3O3. The first kappa shape index (κ1) is 18.0. The molecule has 1 aliphatic heterocycles. The molecule has 0 atom stereocenters. The number of amides is 1. The molecule has 6 nitrogen and oxygen atoms in total. The first-order chi connectivity index (χ1) is 13.5. The summed E-state index contributed by atoms with van der Waals surface area (Å²) in [6.07, 6.45) is 3.09. The van der Waals surface area contributed by atoms with Gasteiger partial charge in [0.25, 0.3) is 5.91 Å². The molecule has 0 saturated heterocycles. The van der Waals surface area contributed by atoms with E-state index in [9.17, 15) is 9.18 Å². The van der Waals surface area contributed by atoms with Gasteiger partial charge < -0.3 is 14.8 Å². The molecule has 3 heterocycles. The molecule has 28 heavy (non-hydrogen) atoms. The first-order valence-corrected chi connectivity index (χ1v) is 8.81. The predicted molar refractivity (Wildman–Crippen MR) is 106 cm³/mol. The number of halogens is 1. The number of nitrogens with one attached hydrogen (secondary N) is 1. The first-order valence-electron chi connectivity index (χ1n) is 8.81. The zero-order valence-corrected chi connectivity index (χ0v) is 15.5. The highest BCUT2D eigenvalue weighted by molar-refractivity contribution is 6.32. The quantitative estimate of drug-likeness (QED) is 0.706. The van der Waals surface area contributed by atoms with E-state index in [-0.39, 0.29) is 5.69 Å². The smallest absolute Gasteiger partial charge is 0.278 e. The van der Waals surface area contributed by atoms with Crippen LogP contribution < -0.4 is 20.3 Å². The summed E-state index contributed by atoms with van der Waals surface area (Å²) in [7, 11) is 1.71. The summed E-state index contributed by atoms with van der Waals surface area (Å²) >= 11 is 0. The SMILES string of the molecule is Bc1cnc(C(=O)Nc2ccc(-c3cc4c(cc3C)OCCO4)cn2)c(F)c1. The lowest BCUT2D eigenvalue weighted by Gasteiger charge is -2.20. The fraction of sp³-hybridized carbons (Fsp3) is 0.150. The van der Waals surface area contributed by atoms with Crippen LogP contribution in [-0.4, -0.2) is 36.9 Å². The van der Waals surface area contributed by atoms with Gasteiger partial charge in [-0.25, -0.2) is 14.4 Å². The van der Waals surface area contributed by atoms with E-state index in [0.717, 1.165) is 22.4 Å². The van der Waals surface area contributed by atoms with Crippen molar-refractivity contribution in [3.63, 3.8) is 0 Å². The minimum absolute atomic E-state index is 0.265. The highest BCUT2D eigenvalue weighted by Crippen LogP contribution is 2.37. The van der Waals surface area contributed by atoms with Gasteiger partial charge in [-0.1, -0.05) is 5.46 Å². The molecule has 0 spiro atoms. The number of pyridine rings is 2. The number of benzene rings is 1. The number of nitrogens with zero attached hydrogens (tertiary/aromatic N) is 2. The van der Waals surface area contributed by atoms with E-state index in [4.69, 9.17) is 9.47 Å². The van der Waals surface area contributed by atoms with E-state index in [1.165, 1.54) is 12.3 Å². The molecule has 0 radical (unpaired) electrons. The van der Waals surface area contributed by atoms with Crippen LogP contribution in [-0.2, 0) is 0 Å². The van der Waals surface area contributed by atoms with Gasteiger partial charge in [0.15, 0.2) is 23.0 Å². The largest absolute Gasteiger partial charge is 0.486 e. The summed E-state index contributed by atoms with van der Waals surface area (Å²) < 4.78 is 25.1. The van der Waals surface area contributed by atoms with Crippen LogP contribution in [0.25, 0.3) is 11.1 Å². The molecule has 2 aromatic heterocycles. The van der Waals surface area contributed by atoms with Crippen molar-refractivity contribution >= 4 is 25.0 Å². The highest BCUT2D eigenvalue weighted by atomic mass is 19.1. The summed E-state index contributed by atoms with van der Waals surface area (Å²) in [4.78, 5) is 20.3. The summed E-state index contributed by atoms with van der Waals surface area (Å²) in [6, 6.07) is 8.62. The van der Waals surface area contributed by atoms with Gasteiger partial charge in [-0.15, -0.1) is 0 Å². The minimum atomic E-state index is -0.666. The van der Waals surface area contributed by atoms with Crippen molar-refractivity contribution in [1.82, 2.24) is 9.97 Å². The predicted octanol–water partition coefficient (Wildman–Crippen LogP) is 1.87. The van der Waals surface area contributed by atoms with Crippen molar-refractivity contribution in [3.05, 3.63) is 59.8 Å². The van der Waals surface area contributed by atoms with E-state index >= 15 is 0 Å². The van der Waals surface area contributed by atoms with Crippen LogP contribution in [0.15, 0.2) is 42.7 Å². The van der Waals surface area contributed by atoms with Crippen LogP contribution in [0.2, 0.25) is 0 Å². The van der Waals surface area contributed by atoms with Gasteiger partial charge in [-0.2, -0.15) is 0 Å². The summed E-state index contributed by atoms with van der Waals surface area (Å²) in [5.74, 6) is 0.433. The van der Waals surface area contributed by atoms with Gasteiger partial charge in [0.05, 0.1) is 0 Å². The average molecular weight is 377 g/mol. The zero-order chi connectivity index (χ0) is 19.7. The number of aryl methyl sites for hydroxylation is 1. The van der Waals surface area contributed by atoms with E-state index in [1.807, 2.05) is 25.1 Å². The fourth-order valence-electron chi connectivity index (χ4n) is 3.00. The van der Waals surface area contributed by atoms with Crippen LogP contribution in [0.5, 0.6) is 11.5 Å². The summed E-state index contributed by atoms with van der Waals surface area (Å²) in [5.41, 5.74) is 3.23. The molecule has 0 aliphatic carbocycles. The van der Waals surface area contributed by atoms with Crippen LogP contribution >= 0.6 is 0 Å². The van der Waals surface area contributed by atoms with Gasteiger partial charge in [-0.05, 0) is 48.4 Å². The van der Waals surface area contributed by atoms with Crippen molar-refractivity contribution < 1.29 is 18.7 Å². The van der Waals surface area contributed by atoms with E-state index in [2.05, 4.69) is 15.3 Å². The van der Waals surface area contributed by atoms with E-state index in [1.54, 1.807) is 20.1 Å². The number of hydrogen-bond acceptors (Lipinski definition) is 5. The molecule has 0 saturated carbocycles. The van der Waals surface area contributed by atoms with Gasteiger partial charge in [0, 0.05) is 18.0 Å². The lowest BCUT2D eigenvalue weighted by molar-refractivity contribution is 0.101. The Morgan fingerprint density at radius 2 is 1.86 bits per heavy atom. The standard InChI is InChI=1S/C20H17BFN3O3/c1-11-6-16-17(28-5-4-27-16)8-14(11)12-2-3-18(23-9-12)25-20(26)19-15(22)7-13(21)10-24-19/h2-3,6-10H,4-5,21H2,1H3,(H,23,25,26). The minimum Gasteiger partial charge on any atom is -0.486 e. The number of carbonyl (C=O) groups excluding carboxylic acids is 1. The third kappa shape index (κ3) is 3.53. The second-order valence-electron chi connectivity index (χ2n) is 6.54. The maximum absolute atomic E-state index is 13.9. The lowest BCUT2D eigenvalue weighted by atomic mass is 9.98. The molecule has 1 aliphatic rings. The third-order valence-electron chi connectivity index (χ3n) is 4.40. The Balaban J connectivity index is 1.55. The average Bonchev–Trinajstić information content (AvgIpc) is 2.68. The highest BCUT2D eigenvalue weighted by Gasteiger charge is 2.16. The molecule has 0 unspecified atom stereocenters. The normalized spacial score (nSPS) is 12.5. The Kier molecular flexibility index (Phi) is 4.69. The van der Waals surface area contributed by atoms with Crippen LogP contribution in [0, 0.1) is 12.7 Å². The number of rotatable bonds is 3. The number of fused-ring (bicyclic) bond motifs is 1. The Labute approximate surface area is 162 Å². The second kappa shape index (κ2) is 7.30. The topological polar surface area (TPSA) is 73.3 Å². The number of ether oxygens (including phenoxy) is 2. The van der Waals surface area contributed by atoms with Crippen molar-refractivity contribution in [2.75, 3.05) is 18.5 Å². The van der Waals surface area contributed by atoms with Gasteiger partial charge >= 0.3 is 0 Å². The molecule has 140 valence electrons. The second-order valence-corrected chi connectivity index (χ2v) is 6.54. The molecule has 0 bridgehead atoms. The molecule has 1 N–H and O–H groups in total. The van der Waals surface area contributed by atoms with Crippen molar-refractivity contribution in [3.8, 4) is 22.6 Å². The van der Waals surface area contributed by atoms with Gasteiger partial charge in [0.1, 0.15) is 26.9 Å². The number of aromatic nitrogens is 2. The van der Waals surface area contributed by atoms with E-state index in [0.29, 0.717) is 30.2 Å². The molecular weight excluding hydrogens is 360 g/mol. The summed E-state index contributed by atoms with van der Waals surface area (Å²) in [6.45, 7) is 3.04. The van der Waals surface area contributed by atoms with Gasteiger partial charge in [0.2, 0.25) is 0 Å². The van der Waals surface area contributed by atoms with Gasteiger partial charge in [-0.3, -0.25) is 4.79 Å². The van der Waals surface area contributed by atoms with Crippen LogP contribution in [0.3, 0.4) is 0 Å². The monoisotopic (exact) mass is 377 g/mol. The zero-order valence-electron chi connectivity index (χ0n) is 15.5. The number of carbonyl (C=O) groups is 1. The lowest BCUT2D eigenvalue weighted by Crippen LogP contribution is -2.19. The number of hydrogen-bond donors (Lipinski definition) is 1. The van der Waals surface area contributed by atoms with E-state index < -0.39 is 11.7 Å².